The molecule has 1 aliphatic heterocycles. The summed E-state index contributed by atoms with van der Waals surface area (Å²) >= 11 is 0. The molecule has 0 aromatic heterocycles. The number of carboxylic acids is 1. The number of benzene rings is 1. The molecule has 1 aromatic rings. The van der Waals surface area contributed by atoms with Gasteiger partial charge in [0.1, 0.15) is 0 Å². The van der Waals surface area contributed by atoms with Crippen LogP contribution in [-0.4, -0.2) is 36.4 Å². The van der Waals surface area contributed by atoms with Crippen LogP contribution < -0.4 is 0 Å². The van der Waals surface area contributed by atoms with Crippen molar-refractivity contribution in [3.05, 3.63) is 41.3 Å². The van der Waals surface area contributed by atoms with E-state index in [2.05, 4.69) is 0 Å². The van der Waals surface area contributed by atoms with Crippen molar-refractivity contribution in [1.82, 2.24) is 4.31 Å². The molecule has 0 aliphatic carbocycles. The summed E-state index contributed by atoms with van der Waals surface area (Å²) in [6, 6.07) is 8.70. The van der Waals surface area contributed by atoms with E-state index in [4.69, 9.17) is 5.11 Å². The quantitative estimate of drug-likeness (QED) is 0.900. The van der Waals surface area contributed by atoms with Crippen LogP contribution in [0.5, 0.6) is 0 Å². The molecular weight excluding hydrogens is 278 g/mol. The molecule has 20 heavy (non-hydrogen) atoms. The molecule has 2 rings (SSSR count). The average molecular weight is 295 g/mol. The maximum atomic E-state index is 12.2. The summed E-state index contributed by atoms with van der Waals surface area (Å²) in [7, 11) is -3.56. The SMILES string of the molecule is O=C(O)CC1CCCN1S(=O)(=O)C=Cc1ccccc1. The highest BCUT2D eigenvalue weighted by Crippen LogP contribution is 2.24. The number of rotatable bonds is 5. The Hall–Kier alpha value is -1.66. The van der Waals surface area contributed by atoms with Crippen molar-refractivity contribution in [2.75, 3.05) is 6.54 Å². The average Bonchev–Trinajstić information content (AvgIpc) is 2.86. The van der Waals surface area contributed by atoms with Gasteiger partial charge in [-0.15, -0.1) is 0 Å². The molecule has 1 fully saturated rings. The van der Waals surface area contributed by atoms with E-state index in [0.29, 0.717) is 19.4 Å². The number of hydrogen-bond acceptors (Lipinski definition) is 3. The first kappa shape index (κ1) is 14.7. The van der Waals surface area contributed by atoms with Gasteiger partial charge in [-0.25, -0.2) is 8.42 Å². The standard InChI is InChI=1S/C14H17NO4S/c16-14(17)11-13-7-4-9-15(13)20(18,19)10-8-12-5-2-1-3-6-12/h1-3,5-6,8,10,13H,4,7,9,11H2,(H,16,17). The van der Waals surface area contributed by atoms with Gasteiger partial charge in [0.25, 0.3) is 0 Å². The smallest absolute Gasteiger partial charge is 0.304 e. The fraction of sp³-hybridized carbons (Fsp3) is 0.357. The molecule has 108 valence electrons. The van der Waals surface area contributed by atoms with Crippen LogP contribution in [0, 0.1) is 0 Å². The van der Waals surface area contributed by atoms with Gasteiger partial charge < -0.3 is 5.11 Å². The third-order valence-electron chi connectivity index (χ3n) is 3.29. The maximum Gasteiger partial charge on any atom is 0.304 e. The van der Waals surface area contributed by atoms with E-state index in [9.17, 15) is 13.2 Å². The Labute approximate surface area is 118 Å². The number of carbonyl (C=O) groups is 1. The molecule has 0 spiro atoms. The predicted octanol–water partition coefficient (Wildman–Crippen LogP) is 1.93. The largest absolute Gasteiger partial charge is 0.481 e. The van der Waals surface area contributed by atoms with Crippen LogP contribution in [0.1, 0.15) is 24.8 Å². The topological polar surface area (TPSA) is 74.7 Å². The van der Waals surface area contributed by atoms with Gasteiger partial charge in [0.05, 0.1) is 6.42 Å². The van der Waals surface area contributed by atoms with E-state index in [1.807, 2.05) is 30.3 Å². The highest BCUT2D eigenvalue weighted by Gasteiger charge is 2.33. The molecule has 0 amide bonds. The molecule has 1 aliphatic rings. The lowest BCUT2D eigenvalue weighted by atomic mass is 10.2. The van der Waals surface area contributed by atoms with Crippen molar-refractivity contribution < 1.29 is 18.3 Å². The van der Waals surface area contributed by atoms with E-state index in [1.165, 1.54) is 10.4 Å². The monoisotopic (exact) mass is 295 g/mol. The molecule has 1 N–H and O–H groups in total. The second kappa shape index (κ2) is 6.19. The fourth-order valence-corrected chi connectivity index (χ4v) is 3.82. The third kappa shape index (κ3) is 3.68. The van der Waals surface area contributed by atoms with Crippen molar-refractivity contribution in [1.29, 1.82) is 0 Å². The van der Waals surface area contributed by atoms with Crippen molar-refractivity contribution >= 4 is 22.1 Å². The zero-order chi connectivity index (χ0) is 14.6. The lowest BCUT2D eigenvalue weighted by Gasteiger charge is -2.20. The zero-order valence-electron chi connectivity index (χ0n) is 11.0. The fourth-order valence-electron chi connectivity index (χ4n) is 2.36. The first-order chi connectivity index (χ1) is 9.49. The van der Waals surface area contributed by atoms with Crippen LogP contribution >= 0.6 is 0 Å². The molecule has 1 aromatic carbocycles. The van der Waals surface area contributed by atoms with Gasteiger partial charge in [0.2, 0.25) is 10.0 Å². The lowest BCUT2D eigenvalue weighted by molar-refractivity contribution is -0.137. The van der Waals surface area contributed by atoms with Gasteiger partial charge in [-0.3, -0.25) is 4.79 Å². The Morgan fingerprint density at radius 3 is 2.70 bits per heavy atom. The van der Waals surface area contributed by atoms with Crippen LogP contribution in [0.4, 0.5) is 0 Å². The molecular formula is C14H17NO4S. The summed E-state index contributed by atoms with van der Waals surface area (Å²) in [4.78, 5) is 10.8. The molecule has 0 radical (unpaired) electrons. The minimum Gasteiger partial charge on any atom is -0.481 e. The van der Waals surface area contributed by atoms with Gasteiger partial charge in [-0.1, -0.05) is 30.3 Å². The summed E-state index contributed by atoms with van der Waals surface area (Å²) in [6.45, 7) is 0.388. The van der Waals surface area contributed by atoms with E-state index in [1.54, 1.807) is 0 Å². The molecule has 1 atom stereocenters. The number of carboxylic acid groups (broad SMARTS) is 1. The Morgan fingerprint density at radius 2 is 2.05 bits per heavy atom. The highest BCUT2D eigenvalue weighted by atomic mass is 32.2. The molecule has 6 heteroatoms. The Balaban J connectivity index is 2.13. The Kier molecular flexibility index (Phi) is 4.57. The molecule has 0 saturated carbocycles. The first-order valence-electron chi connectivity index (χ1n) is 6.46. The van der Waals surface area contributed by atoms with E-state index >= 15 is 0 Å². The number of sulfonamides is 1. The molecule has 1 saturated heterocycles. The van der Waals surface area contributed by atoms with Crippen molar-refractivity contribution in [2.24, 2.45) is 0 Å². The van der Waals surface area contributed by atoms with E-state index < -0.39 is 22.0 Å². The zero-order valence-corrected chi connectivity index (χ0v) is 11.8. The van der Waals surface area contributed by atoms with Crippen molar-refractivity contribution in [3.8, 4) is 0 Å². The second-order valence-corrected chi connectivity index (χ2v) is 6.53. The molecule has 1 unspecified atom stereocenters. The molecule has 0 bridgehead atoms. The van der Waals surface area contributed by atoms with E-state index in [0.717, 1.165) is 11.0 Å². The summed E-state index contributed by atoms with van der Waals surface area (Å²) in [5.41, 5.74) is 0.796. The Morgan fingerprint density at radius 1 is 1.35 bits per heavy atom. The predicted molar refractivity (Wildman–Crippen MR) is 76.4 cm³/mol. The molecule has 5 nitrogen and oxygen atoms in total. The number of aliphatic carboxylic acids is 1. The first-order valence-corrected chi connectivity index (χ1v) is 7.96. The van der Waals surface area contributed by atoms with Gasteiger partial charge in [-0.2, -0.15) is 4.31 Å². The number of nitrogens with zero attached hydrogens (tertiary/aromatic N) is 1. The summed E-state index contributed by atoms with van der Waals surface area (Å²) in [5.74, 6) is -0.968. The van der Waals surface area contributed by atoms with E-state index in [-0.39, 0.29) is 6.42 Å². The lowest BCUT2D eigenvalue weighted by Crippen LogP contribution is -2.35. The summed E-state index contributed by atoms with van der Waals surface area (Å²) in [5, 5.41) is 9.98. The normalized spacial score (nSPS) is 20.5. The Bertz CT molecular complexity index is 595. The summed E-state index contributed by atoms with van der Waals surface area (Å²) in [6.07, 6.45) is 2.70. The van der Waals surface area contributed by atoms with Crippen LogP contribution in [0.2, 0.25) is 0 Å². The molecule has 1 heterocycles. The van der Waals surface area contributed by atoms with Gasteiger partial charge >= 0.3 is 5.97 Å². The van der Waals surface area contributed by atoms with Gasteiger partial charge in [-0.05, 0) is 24.5 Å². The van der Waals surface area contributed by atoms with Crippen LogP contribution in [-0.2, 0) is 14.8 Å². The van der Waals surface area contributed by atoms with Crippen LogP contribution in [0.15, 0.2) is 35.7 Å². The maximum absolute atomic E-state index is 12.2. The number of hydrogen-bond donors (Lipinski definition) is 1. The van der Waals surface area contributed by atoms with Crippen LogP contribution in [0.25, 0.3) is 6.08 Å². The summed E-state index contributed by atoms with van der Waals surface area (Å²) < 4.78 is 25.8. The second-order valence-electron chi connectivity index (χ2n) is 4.76. The minimum atomic E-state index is -3.56. The third-order valence-corrected chi connectivity index (χ3v) is 4.91. The van der Waals surface area contributed by atoms with Gasteiger partial charge in [0.15, 0.2) is 0 Å². The van der Waals surface area contributed by atoms with Crippen molar-refractivity contribution in [2.45, 2.75) is 25.3 Å². The van der Waals surface area contributed by atoms with Crippen LogP contribution in [0.3, 0.4) is 0 Å². The van der Waals surface area contributed by atoms with Gasteiger partial charge in [0, 0.05) is 18.0 Å². The minimum absolute atomic E-state index is 0.140. The highest BCUT2D eigenvalue weighted by molar-refractivity contribution is 7.92. The van der Waals surface area contributed by atoms with Crippen molar-refractivity contribution in [3.63, 3.8) is 0 Å².